The summed E-state index contributed by atoms with van der Waals surface area (Å²) in [5, 5.41) is 17.4. The topological polar surface area (TPSA) is 125 Å². The van der Waals surface area contributed by atoms with E-state index in [2.05, 4.69) is 20.4 Å². The Balaban J connectivity index is 1.49. The number of benzene rings is 1. The van der Waals surface area contributed by atoms with E-state index in [1.807, 2.05) is 30.3 Å². The fourth-order valence-electron chi connectivity index (χ4n) is 2.07. The number of nitrogens with zero attached hydrogens (tertiary/aromatic N) is 5. The minimum Gasteiger partial charge on any atom is -0.445 e. The third-order valence-corrected chi connectivity index (χ3v) is 3.27. The molecule has 0 saturated heterocycles. The van der Waals surface area contributed by atoms with Crippen molar-refractivity contribution in [1.82, 2.24) is 24.9 Å². The van der Waals surface area contributed by atoms with E-state index < -0.39 is 11.0 Å². The van der Waals surface area contributed by atoms with Crippen LogP contribution in [-0.2, 0) is 17.8 Å². The Morgan fingerprint density at radius 2 is 2.12 bits per heavy atom. The molecule has 3 rings (SSSR count). The van der Waals surface area contributed by atoms with Crippen LogP contribution in [0.4, 0.5) is 10.5 Å². The van der Waals surface area contributed by atoms with Crippen LogP contribution < -0.4 is 5.32 Å². The number of nitrogens with one attached hydrogen (secondary N) is 1. The molecular formula is C15H14N6O4. The lowest BCUT2D eigenvalue weighted by Gasteiger charge is -2.05. The summed E-state index contributed by atoms with van der Waals surface area (Å²) in [5.41, 5.74) is 0.721. The van der Waals surface area contributed by atoms with E-state index >= 15 is 0 Å². The summed E-state index contributed by atoms with van der Waals surface area (Å²) in [6.07, 6.45) is 2.16. The molecule has 0 radical (unpaired) electrons. The van der Waals surface area contributed by atoms with E-state index in [1.165, 1.54) is 10.7 Å². The lowest BCUT2D eigenvalue weighted by Crippen LogP contribution is -2.26. The molecule has 0 aliphatic rings. The Labute approximate surface area is 141 Å². The van der Waals surface area contributed by atoms with Crippen molar-refractivity contribution in [1.29, 1.82) is 0 Å². The zero-order valence-electron chi connectivity index (χ0n) is 13.0. The molecule has 0 spiro atoms. The molecule has 0 saturated carbocycles. The smallest absolute Gasteiger partial charge is 0.407 e. The van der Waals surface area contributed by atoms with E-state index in [0.717, 1.165) is 11.8 Å². The van der Waals surface area contributed by atoms with Crippen molar-refractivity contribution < 1.29 is 14.5 Å². The van der Waals surface area contributed by atoms with Crippen molar-refractivity contribution in [2.75, 3.05) is 6.54 Å². The molecule has 1 aromatic carbocycles. The fraction of sp³-hybridized carbons (Fsp3) is 0.200. The van der Waals surface area contributed by atoms with Gasteiger partial charge in [-0.1, -0.05) is 30.3 Å². The van der Waals surface area contributed by atoms with Gasteiger partial charge in [-0.05, 0) is 5.56 Å². The first-order valence-corrected chi connectivity index (χ1v) is 7.42. The highest BCUT2D eigenvalue weighted by molar-refractivity contribution is 5.67. The molecule has 0 atom stereocenters. The van der Waals surface area contributed by atoms with Crippen molar-refractivity contribution >= 4 is 17.6 Å². The average molecular weight is 342 g/mol. The number of rotatable bonds is 6. The van der Waals surface area contributed by atoms with Crippen LogP contribution in [0, 0.1) is 10.1 Å². The summed E-state index contributed by atoms with van der Waals surface area (Å²) in [6, 6.07) is 9.34. The van der Waals surface area contributed by atoms with Gasteiger partial charge in [0.15, 0.2) is 5.82 Å². The van der Waals surface area contributed by atoms with E-state index in [-0.39, 0.29) is 24.6 Å². The minimum atomic E-state index is -0.557. The molecule has 3 aromatic rings. The van der Waals surface area contributed by atoms with Crippen molar-refractivity contribution in [2.24, 2.45) is 0 Å². The van der Waals surface area contributed by atoms with Crippen molar-refractivity contribution in [3.05, 3.63) is 64.2 Å². The number of amides is 1. The quantitative estimate of drug-likeness (QED) is 0.531. The monoisotopic (exact) mass is 342 g/mol. The van der Waals surface area contributed by atoms with Crippen molar-refractivity contribution in [2.45, 2.75) is 13.0 Å². The van der Waals surface area contributed by atoms with Crippen LogP contribution in [-0.4, -0.2) is 37.1 Å². The molecule has 1 amide bonds. The molecule has 0 bridgehead atoms. The van der Waals surface area contributed by atoms with Gasteiger partial charge in [-0.3, -0.25) is 10.1 Å². The highest BCUT2D eigenvalue weighted by Gasteiger charge is 2.11. The second-order valence-corrected chi connectivity index (χ2v) is 5.08. The summed E-state index contributed by atoms with van der Waals surface area (Å²) in [4.78, 5) is 29.8. The molecule has 2 aromatic heterocycles. The Morgan fingerprint density at radius 1 is 1.32 bits per heavy atom. The predicted molar refractivity (Wildman–Crippen MR) is 85.8 cm³/mol. The molecule has 10 nitrogen and oxygen atoms in total. The lowest BCUT2D eigenvalue weighted by molar-refractivity contribution is -0.385. The van der Waals surface area contributed by atoms with Gasteiger partial charge >= 0.3 is 11.8 Å². The van der Waals surface area contributed by atoms with E-state index in [0.29, 0.717) is 12.2 Å². The second kappa shape index (κ2) is 7.34. The van der Waals surface area contributed by atoms with Gasteiger partial charge in [0.1, 0.15) is 19.0 Å². The normalized spacial score (nSPS) is 10.6. The van der Waals surface area contributed by atoms with Crippen LogP contribution in [0.15, 0.2) is 42.7 Å². The second-order valence-electron chi connectivity index (χ2n) is 5.08. The van der Waals surface area contributed by atoms with Gasteiger partial charge in [-0.15, -0.1) is 5.10 Å². The highest BCUT2D eigenvalue weighted by Crippen LogP contribution is 2.09. The van der Waals surface area contributed by atoms with Crippen LogP contribution in [0.3, 0.4) is 0 Å². The van der Waals surface area contributed by atoms with Gasteiger partial charge < -0.3 is 10.1 Å². The summed E-state index contributed by atoms with van der Waals surface area (Å²) in [5.74, 6) is 0.670. The standard InChI is InChI=1S/C15H14N6O4/c22-15(25-10-11-4-2-1-3-5-11)16-7-6-13-18-14-17-8-12(21(23)24)9-20(14)19-13/h1-5,8-9H,6-7,10H2,(H,16,22). The van der Waals surface area contributed by atoms with Gasteiger partial charge in [0.05, 0.1) is 4.92 Å². The number of nitro groups is 1. The van der Waals surface area contributed by atoms with Gasteiger partial charge in [0.2, 0.25) is 0 Å². The zero-order valence-corrected chi connectivity index (χ0v) is 13.0. The van der Waals surface area contributed by atoms with Crippen LogP contribution in [0.25, 0.3) is 5.78 Å². The van der Waals surface area contributed by atoms with Gasteiger partial charge in [0, 0.05) is 13.0 Å². The maximum absolute atomic E-state index is 11.6. The summed E-state index contributed by atoms with van der Waals surface area (Å²) >= 11 is 0. The Morgan fingerprint density at radius 3 is 2.88 bits per heavy atom. The number of alkyl carbamates (subject to hydrolysis) is 1. The summed E-state index contributed by atoms with van der Waals surface area (Å²) in [7, 11) is 0. The van der Waals surface area contributed by atoms with Crippen molar-refractivity contribution in [3.63, 3.8) is 0 Å². The molecule has 0 fully saturated rings. The van der Waals surface area contributed by atoms with E-state index in [4.69, 9.17) is 4.74 Å². The number of carbonyl (C=O) groups excluding carboxylic acids is 1. The molecular weight excluding hydrogens is 328 g/mol. The molecule has 128 valence electrons. The van der Waals surface area contributed by atoms with Crippen LogP contribution in [0.2, 0.25) is 0 Å². The average Bonchev–Trinajstić information content (AvgIpc) is 3.02. The van der Waals surface area contributed by atoms with E-state index in [9.17, 15) is 14.9 Å². The predicted octanol–water partition coefficient (Wildman–Crippen LogP) is 1.50. The van der Waals surface area contributed by atoms with Crippen LogP contribution in [0.5, 0.6) is 0 Å². The third-order valence-electron chi connectivity index (χ3n) is 3.27. The molecule has 10 heteroatoms. The fourth-order valence-corrected chi connectivity index (χ4v) is 2.07. The minimum absolute atomic E-state index is 0.174. The molecule has 25 heavy (non-hydrogen) atoms. The first-order valence-electron chi connectivity index (χ1n) is 7.42. The number of hydrogen-bond donors (Lipinski definition) is 1. The first-order chi connectivity index (χ1) is 12.1. The SMILES string of the molecule is O=C(NCCc1nc2ncc([N+](=O)[O-])cn2n1)OCc1ccccc1. The summed E-state index contributed by atoms with van der Waals surface area (Å²) < 4.78 is 6.32. The number of aromatic nitrogens is 4. The number of carbonyl (C=O) groups is 1. The number of fused-ring (bicyclic) bond motifs is 1. The summed E-state index contributed by atoms with van der Waals surface area (Å²) in [6.45, 7) is 0.458. The maximum atomic E-state index is 11.6. The first kappa shape index (κ1) is 16.3. The van der Waals surface area contributed by atoms with E-state index in [1.54, 1.807) is 0 Å². The van der Waals surface area contributed by atoms with Crippen molar-refractivity contribution in [3.8, 4) is 0 Å². The lowest BCUT2D eigenvalue weighted by atomic mass is 10.2. The van der Waals surface area contributed by atoms with Crippen LogP contribution >= 0.6 is 0 Å². The van der Waals surface area contributed by atoms with Gasteiger partial charge in [0.25, 0.3) is 5.78 Å². The number of hydrogen-bond acceptors (Lipinski definition) is 7. The maximum Gasteiger partial charge on any atom is 0.407 e. The molecule has 2 heterocycles. The van der Waals surface area contributed by atoms with Crippen LogP contribution in [0.1, 0.15) is 11.4 Å². The molecule has 1 N–H and O–H groups in total. The molecule has 0 unspecified atom stereocenters. The molecule has 0 aliphatic heterocycles. The Kier molecular flexibility index (Phi) is 4.79. The van der Waals surface area contributed by atoms with Gasteiger partial charge in [-0.25, -0.2) is 9.78 Å². The zero-order chi connectivity index (χ0) is 17.6. The Hall–Kier alpha value is -3.56. The largest absolute Gasteiger partial charge is 0.445 e. The molecule has 0 aliphatic carbocycles. The Bertz CT molecular complexity index is 895. The number of ether oxygens (including phenoxy) is 1. The third kappa shape index (κ3) is 4.25. The highest BCUT2D eigenvalue weighted by atomic mass is 16.6. The van der Waals surface area contributed by atoms with Gasteiger partial charge in [-0.2, -0.15) is 9.50 Å².